The van der Waals surface area contributed by atoms with Crippen LogP contribution in [0.3, 0.4) is 0 Å². The van der Waals surface area contributed by atoms with Gasteiger partial charge in [0.15, 0.2) is 0 Å². The Bertz CT molecular complexity index is 1750. The molecule has 3 aromatic rings. The summed E-state index contributed by atoms with van der Waals surface area (Å²) in [6, 6.07) is 16.3. The van der Waals surface area contributed by atoms with Crippen LogP contribution in [0.25, 0.3) is 17.3 Å². The minimum absolute atomic E-state index is 0.00459. The Morgan fingerprint density at radius 3 is 2.37 bits per heavy atom. The fourth-order valence-electron chi connectivity index (χ4n) is 8.62. The maximum atomic E-state index is 13.7. The molecule has 0 radical (unpaired) electrons. The van der Waals surface area contributed by atoms with Gasteiger partial charge in [-0.25, -0.2) is 0 Å². The summed E-state index contributed by atoms with van der Waals surface area (Å²) < 4.78 is 6.76. The second-order valence-corrected chi connectivity index (χ2v) is 16.5. The van der Waals surface area contributed by atoms with E-state index in [0.29, 0.717) is 35.7 Å². The average Bonchev–Trinajstić information content (AvgIpc) is 4.00. The molecule has 0 saturated heterocycles. The van der Waals surface area contributed by atoms with E-state index in [0.717, 1.165) is 102 Å². The van der Waals surface area contributed by atoms with E-state index < -0.39 is 0 Å². The van der Waals surface area contributed by atoms with Crippen LogP contribution in [-0.2, 0) is 16.0 Å². The van der Waals surface area contributed by atoms with E-state index in [9.17, 15) is 9.59 Å². The topological polar surface area (TPSA) is 81.5 Å². The molecule has 0 spiro atoms. The summed E-state index contributed by atoms with van der Waals surface area (Å²) in [4.78, 5) is 32.3. The molecule has 6 heteroatoms. The summed E-state index contributed by atoms with van der Waals surface area (Å²) in [5, 5.41) is 8.88. The van der Waals surface area contributed by atoms with E-state index in [1.165, 1.54) is 12.8 Å². The summed E-state index contributed by atoms with van der Waals surface area (Å²) in [5.74, 6) is 4.19. The van der Waals surface area contributed by atoms with E-state index >= 15 is 0 Å². The normalized spacial score (nSPS) is 25.9. The van der Waals surface area contributed by atoms with Gasteiger partial charge in [-0.05, 0) is 123 Å². The van der Waals surface area contributed by atoms with Crippen molar-refractivity contribution < 1.29 is 14.3 Å². The molecule has 0 N–H and O–H groups in total. The molecule has 0 bridgehead atoms. The molecule has 6 nitrogen and oxygen atoms in total. The van der Waals surface area contributed by atoms with Crippen molar-refractivity contribution in [3.05, 3.63) is 71.9 Å². The predicted molar refractivity (Wildman–Crippen MR) is 212 cm³/mol. The Labute approximate surface area is 312 Å². The van der Waals surface area contributed by atoms with Crippen LogP contribution in [0.5, 0.6) is 11.5 Å². The molecule has 1 aromatic heterocycles. The molecule has 3 aliphatic carbocycles. The zero-order chi connectivity index (χ0) is 36.9. The van der Waals surface area contributed by atoms with Crippen molar-refractivity contribution in [2.75, 3.05) is 0 Å². The molecular weight excluding hydrogens is 643 g/mol. The van der Waals surface area contributed by atoms with Gasteiger partial charge in [0.1, 0.15) is 23.1 Å². The Hall–Kier alpha value is -3.93. The molecular formula is C46H59N3O3. The summed E-state index contributed by atoms with van der Waals surface area (Å²) >= 11 is 0. The van der Waals surface area contributed by atoms with Crippen LogP contribution in [0.15, 0.2) is 60.1 Å². The molecule has 3 fully saturated rings. The van der Waals surface area contributed by atoms with Gasteiger partial charge in [0.2, 0.25) is 0 Å². The highest BCUT2D eigenvalue weighted by Gasteiger charge is 2.42. The molecule has 6 unspecified atom stereocenters. The Morgan fingerprint density at radius 2 is 1.71 bits per heavy atom. The number of Topliss-reactive ketones (excluding diaryl/α,β-unsaturated/α-hetero) is 2. The number of ketones is 2. The zero-order valence-corrected chi connectivity index (χ0v) is 32.4. The minimum atomic E-state index is -0.0259. The van der Waals surface area contributed by atoms with Gasteiger partial charge in [0, 0.05) is 53.0 Å². The van der Waals surface area contributed by atoms with E-state index in [-0.39, 0.29) is 29.6 Å². The number of hydrogen-bond donors (Lipinski definition) is 0. The lowest BCUT2D eigenvalue weighted by molar-refractivity contribution is -0.127. The Kier molecular flexibility index (Phi) is 12.2. The summed E-state index contributed by atoms with van der Waals surface area (Å²) in [6.45, 7) is 17.1. The van der Waals surface area contributed by atoms with Gasteiger partial charge < -0.3 is 4.74 Å². The van der Waals surface area contributed by atoms with Crippen LogP contribution in [0, 0.1) is 41.4 Å². The van der Waals surface area contributed by atoms with Crippen LogP contribution in [0.4, 0.5) is 5.69 Å². The van der Waals surface area contributed by atoms with Gasteiger partial charge >= 0.3 is 0 Å². The minimum Gasteiger partial charge on any atom is -0.457 e. The fraction of sp³-hybridized carbons (Fsp3) is 0.543. The lowest BCUT2D eigenvalue weighted by Crippen LogP contribution is -2.30. The highest BCUT2D eigenvalue weighted by Crippen LogP contribution is 2.45. The Balaban J connectivity index is 1.36. The van der Waals surface area contributed by atoms with Crippen molar-refractivity contribution in [3.63, 3.8) is 0 Å². The summed E-state index contributed by atoms with van der Waals surface area (Å²) in [7, 11) is 0. The van der Waals surface area contributed by atoms with E-state index in [2.05, 4.69) is 70.5 Å². The first kappa shape index (κ1) is 37.8. The van der Waals surface area contributed by atoms with Crippen molar-refractivity contribution in [3.8, 4) is 22.8 Å². The quantitative estimate of drug-likeness (QED) is 0.139. The molecule has 3 aliphatic rings. The summed E-state index contributed by atoms with van der Waals surface area (Å²) in [5.41, 5.74) is 6.74. The van der Waals surface area contributed by atoms with Gasteiger partial charge in [-0.2, -0.15) is 10.2 Å². The van der Waals surface area contributed by atoms with Gasteiger partial charge in [-0.3, -0.25) is 14.6 Å². The number of rotatable bonds is 12. The van der Waals surface area contributed by atoms with Crippen molar-refractivity contribution in [2.24, 2.45) is 46.4 Å². The number of hydrogen-bond acceptors (Lipinski definition) is 6. The van der Waals surface area contributed by atoms with E-state index in [1.54, 1.807) is 0 Å². The first-order valence-corrected chi connectivity index (χ1v) is 20.1. The number of carbonyl (C=O) groups excluding carboxylic acids is 2. The van der Waals surface area contributed by atoms with Gasteiger partial charge in [0.05, 0.1) is 17.1 Å². The summed E-state index contributed by atoms with van der Waals surface area (Å²) in [6.07, 6.45) is 12.7. The average molecular weight is 702 g/mol. The van der Waals surface area contributed by atoms with Crippen LogP contribution in [-0.4, -0.2) is 27.5 Å². The van der Waals surface area contributed by atoms with Crippen LogP contribution >= 0.6 is 0 Å². The number of carbonyl (C=O) groups is 2. The van der Waals surface area contributed by atoms with Crippen molar-refractivity contribution >= 4 is 29.0 Å². The number of benzene rings is 2. The predicted octanol–water partition coefficient (Wildman–Crippen LogP) is 11.8. The van der Waals surface area contributed by atoms with Gasteiger partial charge in [-0.15, -0.1) is 0 Å². The first-order chi connectivity index (χ1) is 25.1. The molecule has 1 heterocycles. The molecule has 6 rings (SSSR count). The monoisotopic (exact) mass is 701 g/mol. The smallest absolute Gasteiger partial charge is 0.139 e. The SMILES string of the molecule is C=Cc1cc(CC2CCC(C)CC(=O)C2C)c(Oc2ccc(-c3ccc(C(C)C)nn3)cc2)cc1N=C(CCC)C1CCCC(C2CC2)C(=O)C1C. The third-order valence-corrected chi connectivity index (χ3v) is 12.2. The fourth-order valence-corrected chi connectivity index (χ4v) is 8.62. The van der Waals surface area contributed by atoms with Gasteiger partial charge in [-0.1, -0.05) is 67.0 Å². The van der Waals surface area contributed by atoms with E-state index in [1.807, 2.05) is 42.5 Å². The maximum absolute atomic E-state index is 13.7. The molecule has 276 valence electrons. The Morgan fingerprint density at radius 1 is 0.942 bits per heavy atom. The second-order valence-electron chi connectivity index (χ2n) is 16.5. The van der Waals surface area contributed by atoms with Gasteiger partial charge in [0.25, 0.3) is 0 Å². The molecule has 52 heavy (non-hydrogen) atoms. The number of aromatic nitrogens is 2. The van der Waals surface area contributed by atoms with Crippen LogP contribution in [0.1, 0.15) is 128 Å². The molecule has 3 saturated carbocycles. The van der Waals surface area contributed by atoms with Crippen molar-refractivity contribution in [2.45, 2.75) is 118 Å². The van der Waals surface area contributed by atoms with E-state index in [4.69, 9.17) is 9.73 Å². The molecule has 0 aliphatic heterocycles. The first-order valence-electron chi connectivity index (χ1n) is 20.1. The van der Waals surface area contributed by atoms with Crippen LogP contribution < -0.4 is 4.74 Å². The molecule has 2 aromatic carbocycles. The third-order valence-electron chi connectivity index (χ3n) is 12.2. The molecule has 6 atom stereocenters. The highest BCUT2D eigenvalue weighted by molar-refractivity contribution is 5.96. The van der Waals surface area contributed by atoms with Crippen molar-refractivity contribution in [1.82, 2.24) is 10.2 Å². The largest absolute Gasteiger partial charge is 0.457 e. The zero-order valence-electron chi connectivity index (χ0n) is 32.4. The number of nitrogens with zero attached hydrogens (tertiary/aromatic N) is 3. The second kappa shape index (κ2) is 16.8. The lowest BCUT2D eigenvalue weighted by atomic mass is 9.80. The lowest BCUT2D eigenvalue weighted by Gasteiger charge is -2.25. The standard InChI is InChI=1S/C46H59N3O3/c1-8-11-42(38-12-10-13-39(33-16-17-33)46(51)31(38)7)47-43-27-45(36(25-32(43)9-2)26-35-15-14-29(5)24-44(50)30(35)6)52-37-20-18-34(19-21-37)41-23-22-40(28(3)4)48-49-41/h9,18-23,25,27-31,33,35,38-39H,2,8,10-17,24,26H2,1,3-7H3. The van der Waals surface area contributed by atoms with Crippen LogP contribution in [0.2, 0.25) is 0 Å². The maximum Gasteiger partial charge on any atom is 0.139 e. The number of ether oxygens (including phenoxy) is 1. The third kappa shape index (κ3) is 8.81. The number of aliphatic imine (C=N–C) groups is 1. The van der Waals surface area contributed by atoms with Crippen molar-refractivity contribution in [1.29, 1.82) is 0 Å². The molecule has 0 amide bonds. The highest BCUT2D eigenvalue weighted by atomic mass is 16.5.